The smallest absolute Gasteiger partial charge is 0.229 e. The van der Waals surface area contributed by atoms with Gasteiger partial charge >= 0.3 is 0 Å². The summed E-state index contributed by atoms with van der Waals surface area (Å²) in [5.41, 5.74) is 1.49. The van der Waals surface area contributed by atoms with E-state index in [1.54, 1.807) is 12.1 Å². The molecule has 1 aliphatic rings. The number of rotatable bonds is 3. The predicted octanol–water partition coefficient (Wildman–Crippen LogP) is 2.78. The molecule has 1 N–H and O–H groups in total. The summed E-state index contributed by atoms with van der Waals surface area (Å²) in [4.78, 5) is 14.5. The second-order valence-corrected chi connectivity index (χ2v) is 5.81. The van der Waals surface area contributed by atoms with Gasteiger partial charge < -0.3 is 10.2 Å². The first kappa shape index (κ1) is 15.4. The van der Waals surface area contributed by atoms with Crippen molar-refractivity contribution in [2.45, 2.75) is 19.8 Å². The first-order chi connectivity index (χ1) is 11.1. The highest BCUT2D eigenvalue weighted by molar-refractivity contribution is 5.93. The molecule has 1 unspecified atom stereocenters. The monoisotopic (exact) mass is 314 g/mol. The van der Waals surface area contributed by atoms with E-state index in [-0.39, 0.29) is 17.6 Å². The summed E-state index contributed by atoms with van der Waals surface area (Å²) in [6, 6.07) is 9.67. The molecule has 1 fully saturated rings. The molecule has 0 aliphatic carbocycles. The number of amides is 1. The second kappa shape index (κ2) is 6.73. The molecule has 1 aromatic heterocycles. The Morgan fingerprint density at radius 3 is 2.70 bits per heavy atom. The maximum absolute atomic E-state index is 12.9. The van der Waals surface area contributed by atoms with Crippen molar-refractivity contribution in [1.29, 1.82) is 0 Å². The number of hydrogen-bond acceptors (Lipinski definition) is 4. The van der Waals surface area contributed by atoms with Crippen LogP contribution in [0.15, 0.2) is 36.4 Å². The number of nitrogens with zero attached hydrogens (tertiary/aromatic N) is 3. The van der Waals surface area contributed by atoms with Gasteiger partial charge in [-0.2, -0.15) is 5.10 Å². The van der Waals surface area contributed by atoms with Crippen molar-refractivity contribution >= 4 is 17.4 Å². The highest BCUT2D eigenvalue weighted by atomic mass is 19.1. The zero-order chi connectivity index (χ0) is 16.2. The summed E-state index contributed by atoms with van der Waals surface area (Å²) in [5, 5.41) is 11.1. The van der Waals surface area contributed by atoms with Gasteiger partial charge in [-0.25, -0.2) is 4.39 Å². The molecule has 1 aliphatic heterocycles. The number of carbonyl (C=O) groups is 1. The van der Waals surface area contributed by atoms with Gasteiger partial charge in [-0.05, 0) is 56.2 Å². The summed E-state index contributed by atoms with van der Waals surface area (Å²) in [6.45, 7) is 3.38. The molecule has 0 saturated carbocycles. The average molecular weight is 314 g/mol. The van der Waals surface area contributed by atoms with Crippen LogP contribution in [0.3, 0.4) is 0 Å². The van der Waals surface area contributed by atoms with Gasteiger partial charge in [0.2, 0.25) is 5.91 Å². The Labute approximate surface area is 134 Å². The van der Waals surface area contributed by atoms with Gasteiger partial charge in [-0.3, -0.25) is 4.79 Å². The van der Waals surface area contributed by atoms with Crippen LogP contribution in [0.1, 0.15) is 18.5 Å². The van der Waals surface area contributed by atoms with Crippen LogP contribution in [0.2, 0.25) is 0 Å². The highest BCUT2D eigenvalue weighted by Crippen LogP contribution is 2.22. The van der Waals surface area contributed by atoms with E-state index in [0.717, 1.165) is 30.9 Å². The van der Waals surface area contributed by atoms with Gasteiger partial charge in [0, 0.05) is 18.8 Å². The van der Waals surface area contributed by atoms with E-state index in [1.807, 2.05) is 19.1 Å². The summed E-state index contributed by atoms with van der Waals surface area (Å²) in [7, 11) is 0. The fourth-order valence-electron chi connectivity index (χ4n) is 2.74. The Morgan fingerprint density at radius 2 is 2.00 bits per heavy atom. The van der Waals surface area contributed by atoms with Crippen LogP contribution in [0.25, 0.3) is 0 Å². The van der Waals surface area contributed by atoms with Gasteiger partial charge in [0.25, 0.3) is 0 Å². The van der Waals surface area contributed by atoms with Gasteiger partial charge in [0.05, 0.1) is 11.6 Å². The molecule has 1 amide bonds. The molecule has 1 atom stereocenters. The number of hydrogen-bond donors (Lipinski definition) is 1. The van der Waals surface area contributed by atoms with E-state index in [1.165, 1.54) is 12.1 Å². The number of piperidine rings is 1. The number of aryl methyl sites for hydroxylation is 1. The number of benzene rings is 1. The van der Waals surface area contributed by atoms with Gasteiger partial charge in [0.1, 0.15) is 5.82 Å². The van der Waals surface area contributed by atoms with Crippen molar-refractivity contribution in [2.24, 2.45) is 5.92 Å². The molecule has 120 valence electrons. The van der Waals surface area contributed by atoms with Crippen LogP contribution in [0.5, 0.6) is 0 Å². The van der Waals surface area contributed by atoms with E-state index in [4.69, 9.17) is 0 Å². The SMILES string of the molecule is Cc1ccc(N2CCCC(C(=O)Nc3ccc(F)cc3)C2)nn1. The maximum Gasteiger partial charge on any atom is 0.229 e. The Kier molecular flexibility index (Phi) is 4.50. The third-order valence-corrected chi connectivity index (χ3v) is 4.01. The summed E-state index contributed by atoms with van der Waals surface area (Å²) in [5.74, 6) is 0.331. The second-order valence-electron chi connectivity index (χ2n) is 5.81. The fraction of sp³-hybridized carbons (Fsp3) is 0.353. The van der Waals surface area contributed by atoms with Crippen molar-refractivity contribution < 1.29 is 9.18 Å². The Bertz CT molecular complexity index is 672. The van der Waals surface area contributed by atoms with E-state index >= 15 is 0 Å². The molecule has 3 rings (SSSR count). The van der Waals surface area contributed by atoms with Crippen LogP contribution in [-0.4, -0.2) is 29.2 Å². The van der Waals surface area contributed by atoms with Crippen molar-refractivity contribution in [3.8, 4) is 0 Å². The molecular weight excluding hydrogens is 295 g/mol. The lowest BCUT2D eigenvalue weighted by molar-refractivity contribution is -0.120. The van der Waals surface area contributed by atoms with Crippen LogP contribution in [0.4, 0.5) is 15.9 Å². The first-order valence-corrected chi connectivity index (χ1v) is 7.73. The zero-order valence-electron chi connectivity index (χ0n) is 13.0. The van der Waals surface area contributed by atoms with E-state index in [9.17, 15) is 9.18 Å². The van der Waals surface area contributed by atoms with Gasteiger partial charge in [-0.1, -0.05) is 0 Å². The molecule has 0 radical (unpaired) electrons. The van der Waals surface area contributed by atoms with Crippen molar-refractivity contribution in [3.05, 3.63) is 47.9 Å². The molecule has 6 heteroatoms. The number of halogens is 1. The fourth-order valence-corrected chi connectivity index (χ4v) is 2.74. The largest absolute Gasteiger partial charge is 0.354 e. The average Bonchev–Trinajstić information content (AvgIpc) is 2.58. The van der Waals surface area contributed by atoms with Crippen molar-refractivity contribution in [3.63, 3.8) is 0 Å². The minimum atomic E-state index is -0.315. The van der Waals surface area contributed by atoms with Crippen molar-refractivity contribution in [1.82, 2.24) is 10.2 Å². The summed E-state index contributed by atoms with van der Waals surface area (Å²) < 4.78 is 12.9. The molecule has 2 heterocycles. The number of nitrogens with one attached hydrogen (secondary N) is 1. The van der Waals surface area contributed by atoms with Crippen molar-refractivity contribution in [2.75, 3.05) is 23.3 Å². The zero-order valence-corrected chi connectivity index (χ0v) is 13.0. The Hall–Kier alpha value is -2.50. The maximum atomic E-state index is 12.9. The molecule has 1 aromatic carbocycles. The molecule has 2 aromatic rings. The lowest BCUT2D eigenvalue weighted by atomic mass is 9.97. The molecule has 0 spiro atoms. The standard InChI is InChI=1S/C17H19FN4O/c1-12-4-9-16(21-20-12)22-10-2-3-13(11-22)17(23)19-15-7-5-14(18)6-8-15/h4-9,13H,2-3,10-11H2,1H3,(H,19,23). The third kappa shape index (κ3) is 3.83. The van der Waals surface area contributed by atoms with Crippen LogP contribution >= 0.6 is 0 Å². The molecular formula is C17H19FN4O. The number of aromatic nitrogens is 2. The normalized spacial score (nSPS) is 17.8. The van der Waals surface area contributed by atoms with E-state index < -0.39 is 0 Å². The van der Waals surface area contributed by atoms with Gasteiger partial charge in [-0.15, -0.1) is 5.10 Å². The van der Waals surface area contributed by atoms with E-state index in [2.05, 4.69) is 20.4 Å². The number of anilines is 2. The molecule has 5 nitrogen and oxygen atoms in total. The minimum Gasteiger partial charge on any atom is -0.354 e. The summed E-state index contributed by atoms with van der Waals surface area (Å²) >= 11 is 0. The van der Waals surface area contributed by atoms with Crippen LogP contribution < -0.4 is 10.2 Å². The predicted molar refractivity (Wildman–Crippen MR) is 86.7 cm³/mol. The van der Waals surface area contributed by atoms with Gasteiger partial charge in [0.15, 0.2) is 5.82 Å². The Morgan fingerprint density at radius 1 is 1.22 bits per heavy atom. The topological polar surface area (TPSA) is 58.1 Å². The summed E-state index contributed by atoms with van der Waals surface area (Å²) in [6.07, 6.45) is 1.76. The van der Waals surface area contributed by atoms with E-state index in [0.29, 0.717) is 12.2 Å². The minimum absolute atomic E-state index is 0.0404. The first-order valence-electron chi connectivity index (χ1n) is 7.73. The van der Waals surface area contributed by atoms with Crippen LogP contribution in [0, 0.1) is 18.7 Å². The molecule has 23 heavy (non-hydrogen) atoms. The molecule has 0 bridgehead atoms. The highest BCUT2D eigenvalue weighted by Gasteiger charge is 2.26. The quantitative estimate of drug-likeness (QED) is 0.946. The Balaban J connectivity index is 1.64. The molecule has 1 saturated heterocycles. The lowest BCUT2D eigenvalue weighted by Crippen LogP contribution is -2.41. The third-order valence-electron chi connectivity index (χ3n) is 4.01. The lowest BCUT2D eigenvalue weighted by Gasteiger charge is -2.32. The van der Waals surface area contributed by atoms with Crippen LogP contribution in [-0.2, 0) is 4.79 Å². The number of carbonyl (C=O) groups excluding carboxylic acids is 1.